The van der Waals surface area contributed by atoms with Gasteiger partial charge in [-0.3, -0.25) is 0 Å². The minimum atomic E-state index is -3.15. The van der Waals surface area contributed by atoms with Crippen molar-refractivity contribution in [2.75, 3.05) is 0 Å². The van der Waals surface area contributed by atoms with E-state index in [2.05, 4.69) is 41.6 Å². The third-order valence-corrected chi connectivity index (χ3v) is 12.4. The highest BCUT2D eigenvalue weighted by Gasteiger charge is 3.05. The van der Waals surface area contributed by atoms with Crippen LogP contribution in [-0.4, -0.2) is 22.2 Å². The van der Waals surface area contributed by atoms with Gasteiger partial charge in [0.1, 0.15) is 0 Å². The summed E-state index contributed by atoms with van der Waals surface area (Å²) < 4.78 is 24.4. The molecule has 4 fully saturated rings. The van der Waals surface area contributed by atoms with Crippen LogP contribution in [0.25, 0.3) is 0 Å². The van der Waals surface area contributed by atoms with Crippen LogP contribution in [0.1, 0.15) is 41.0 Å². The van der Waals surface area contributed by atoms with Crippen molar-refractivity contribution in [1.82, 2.24) is 0 Å². The van der Waals surface area contributed by atoms with Crippen LogP contribution >= 0.6 is 15.9 Å². The summed E-state index contributed by atoms with van der Waals surface area (Å²) in [5.41, 5.74) is -0.239. The third-order valence-electron chi connectivity index (χ3n) is 6.51. The Labute approximate surface area is 118 Å². The van der Waals surface area contributed by atoms with Crippen LogP contribution in [0.2, 0.25) is 0 Å². The van der Waals surface area contributed by atoms with E-state index in [-0.39, 0.29) is 21.6 Å². The van der Waals surface area contributed by atoms with Crippen LogP contribution in [0.4, 0.5) is 0 Å². The summed E-state index contributed by atoms with van der Waals surface area (Å²) >= 11 is 3.84. The number of hydrogen-bond acceptors (Lipinski definition) is 2. The van der Waals surface area contributed by atoms with E-state index >= 15 is 0 Å². The minimum Gasteiger partial charge on any atom is -0.228 e. The highest BCUT2D eigenvalue weighted by molar-refractivity contribution is 9.10. The molecule has 0 radical (unpaired) electrons. The molecule has 0 amide bonds. The van der Waals surface area contributed by atoms with Gasteiger partial charge in [0.2, 0.25) is 0 Å². The SMILES string of the molecule is CC#C[C@H]1[C@@]2(C)[C@@]3(Br)[C@@H](CC)[C@@]1(C)S(=O)(=O)[C@@]23C. The first-order valence-corrected chi connectivity index (χ1v) is 8.77. The Hall–Kier alpha value is -0.0100. The second kappa shape index (κ2) is 2.86. The van der Waals surface area contributed by atoms with Crippen LogP contribution in [0.5, 0.6) is 0 Å². The molecule has 0 N–H and O–H groups in total. The Morgan fingerprint density at radius 3 is 2.17 bits per heavy atom. The summed E-state index contributed by atoms with van der Waals surface area (Å²) in [4.78, 5) is 0. The second-order valence-corrected chi connectivity index (χ2v) is 10.4. The van der Waals surface area contributed by atoms with Crippen molar-refractivity contribution >= 4 is 25.8 Å². The maximum absolute atomic E-state index is 13.0. The second-order valence-electron chi connectivity index (χ2n) is 6.42. The monoisotopic (exact) mass is 330 g/mol. The Morgan fingerprint density at radius 1 is 1.28 bits per heavy atom. The van der Waals surface area contributed by atoms with E-state index in [0.29, 0.717) is 0 Å². The summed E-state index contributed by atoms with van der Waals surface area (Å²) in [6.07, 6.45) is 0.883. The number of sulfone groups is 1. The summed E-state index contributed by atoms with van der Waals surface area (Å²) in [5, 5.41) is 0. The summed E-state index contributed by atoms with van der Waals surface area (Å²) in [5.74, 6) is 6.29. The lowest BCUT2D eigenvalue weighted by molar-refractivity contribution is 0.353. The summed E-state index contributed by atoms with van der Waals surface area (Å²) in [6.45, 7) is 9.84. The molecular formula is C14H19BrO2S. The van der Waals surface area contributed by atoms with Crippen LogP contribution in [-0.2, 0) is 9.84 Å². The lowest BCUT2D eigenvalue weighted by Crippen LogP contribution is -2.39. The minimum absolute atomic E-state index is 0.0469. The van der Waals surface area contributed by atoms with Crippen LogP contribution in [0.3, 0.4) is 0 Å². The fraction of sp³-hybridized carbons (Fsp3) is 0.857. The molecule has 2 aliphatic carbocycles. The number of hydrogen-bond donors (Lipinski definition) is 0. The molecule has 2 saturated heterocycles. The van der Waals surface area contributed by atoms with E-state index in [4.69, 9.17) is 0 Å². The molecule has 0 unspecified atom stereocenters. The van der Waals surface area contributed by atoms with Gasteiger partial charge in [-0.1, -0.05) is 42.1 Å². The standard InChI is InChI=1S/C14H19BrO2S/c1-6-8-10-11(3)9(7-2)14(15)12(10,4)13(14,5)18(11,16)17/h9-10H,7H2,1-5H3/t9-,10+,11+,12+,13-,14-/m0/s1. The molecule has 4 heteroatoms. The molecule has 2 saturated carbocycles. The molecule has 4 aliphatic rings. The molecule has 2 nitrogen and oxygen atoms in total. The van der Waals surface area contributed by atoms with E-state index < -0.39 is 19.3 Å². The Balaban J connectivity index is 2.40. The van der Waals surface area contributed by atoms with Crippen molar-refractivity contribution < 1.29 is 8.42 Å². The number of alkyl halides is 1. The van der Waals surface area contributed by atoms with Crippen molar-refractivity contribution in [2.24, 2.45) is 17.3 Å². The van der Waals surface area contributed by atoms with E-state index in [0.717, 1.165) is 6.42 Å². The zero-order valence-corrected chi connectivity index (χ0v) is 13.9. The quantitative estimate of drug-likeness (QED) is 0.547. The van der Waals surface area contributed by atoms with Gasteiger partial charge >= 0.3 is 0 Å². The molecule has 0 aromatic carbocycles. The Kier molecular flexibility index (Phi) is 2.06. The molecule has 0 aromatic rings. The van der Waals surface area contributed by atoms with Crippen molar-refractivity contribution in [1.29, 1.82) is 0 Å². The van der Waals surface area contributed by atoms with Gasteiger partial charge in [0.15, 0.2) is 9.84 Å². The van der Waals surface area contributed by atoms with Crippen LogP contribution < -0.4 is 0 Å². The highest BCUT2D eigenvalue weighted by Crippen LogP contribution is 2.94. The van der Waals surface area contributed by atoms with E-state index in [1.54, 1.807) is 6.92 Å². The predicted molar refractivity (Wildman–Crippen MR) is 76.2 cm³/mol. The van der Waals surface area contributed by atoms with E-state index in [1.165, 1.54) is 0 Å². The van der Waals surface area contributed by atoms with Gasteiger partial charge < -0.3 is 0 Å². The molecule has 100 valence electrons. The molecule has 4 bridgehead atoms. The topological polar surface area (TPSA) is 34.1 Å². The lowest BCUT2D eigenvalue weighted by atomic mass is 9.79. The summed E-state index contributed by atoms with van der Waals surface area (Å²) in [6, 6.07) is 0. The van der Waals surface area contributed by atoms with Crippen molar-refractivity contribution in [3.63, 3.8) is 0 Å². The van der Waals surface area contributed by atoms with E-state index in [1.807, 2.05) is 13.8 Å². The first kappa shape index (κ1) is 13.0. The molecule has 4 rings (SSSR count). The first-order chi connectivity index (χ1) is 8.14. The maximum atomic E-state index is 13.0. The van der Waals surface area contributed by atoms with Crippen LogP contribution in [0, 0.1) is 29.1 Å². The van der Waals surface area contributed by atoms with Gasteiger partial charge in [0, 0.05) is 11.3 Å². The van der Waals surface area contributed by atoms with Gasteiger partial charge in [0.05, 0.1) is 13.8 Å². The van der Waals surface area contributed by atoms with Gasteiger partial charge in [-0.25, -0.2) is 8.42 Å². The molecule has 6 atom stereocenters. The molecule has 2 heterocycles. The number of rotatable bonds is 1. The predicted octanol–water partition coefficient (Wildman–Crippen LogP) is 2.77. The van der Waals surface area contributed by atoms with Gasteiger partial charge in [-0.2, -0.15) is 0 Å². The van der Waals surface area contributed by atoms with Gasteiger partial charge in [0.25, 0.3) is 0 Å². The van der Waals surface area contributed by atoms with Crippen molar-refractivity contribution in [2.45, 2.75) is 54.9 Å². The van der Waals surface area contributed by atoms with Crippen LogP contribution in [0.15, 0.2) is 0 Å². The average Bonchev–Trinajstić information content (AvgIpc) is 2.51. The number of halogens is 1. The Morgan fingerprint density at radius 2 is 1.83 bits per heavy atom. The highest BCUT2D eigenvalue weighted by atomic mass is 79.9. The molecule has 2 aliphatic heterocycles. The lowest BCUT2D eigenvalue weighted by Gasteiger charge is -2.28. The molecular weight excluding hydrogens is 312 g/mol. The normalized spacial score (nSPS) is 62.3. The smallest absolute Gasteiger partial charge is 0.164 e. The largest absolute Gasteiger partial charge is 0.228 e. The molecule has 0 aromatic heterocycles. The van der Waals surface area contributed by atoms with Crippen molar-refractivity contribution in [3.05, 3.63) is 0 Å². The zero-order chi connectivity index (χ0) is 13.8. The Bertz CT molecular complexity index is 615. The van der Waals surface area contributed by atoms with Gasteiger partial charge in [-0.05, 0) is 26.7 Å². The maximum Gasteiger partial charge on any atom is 0.164 e. The molecule has 18 heavy (non-hydrogen) atoms. The third kappa shape index (κ3) is 0.693. The first-order valence-electron chi connectivity index (χ1n) is 6.49. The van der Waals surface area contributed by atoms with Gasteiger partial charge in [-0.15, -0.1) is 5.92 Å². The molecule has 0 spiro atoms. The summed E-state index contributed by atoms with van der Waals surface area (Å²) in [7, 11) is -3.15. The fourth-order valence-electron chi connectivity index (χ4n) is 5.61. The zero-order valence-electron chi connectivity index (χ0n) is 11.5. The van der Waals surface area contributed by atoms with Crippen molar-refractivity contribution in [3.8, 4) is 11.8 Å². The van der Waals surface area contributed by atoms with E-state index in [9.17, 15) is 8.42 Å². The fourth-order valence-corrected chi connectivity index (χ4v) is 12.0. The average molecular weight is 331 g/mol.